The van der Waals surface area contributed by atoms with Crippen LogP contribution in [0.3, 0.4) is 0 Å². The molecule has 0 saturated carbocycles. The average molecular weight is 717 g/mol. The van der Waals surface area contributed by atoms with Gasteiger partial charge in [0.15, 0.2) is 0 Å². The maximum atomic E-state index is 14.7. The molecule has 1 atom stereocenters. The third-order valence-corrected chi connectivity index (χ3v) is 10.7. The molecule has 2 rings (SSSR count). The Morgan fingerprint density at radius 2 is 1.35 bits per heavy atom. The average Bonchev–Trinajstić information content (AvgIpc) is 3.37. The van der Waals surface area contributed by atoms with Crippen molar-refractivity contribution in [2.75, 3.05) is 13.1 Å². The van der Waals surface area contributed by atoms with Gasteiger partial charge < -0.3 is 9.88 Å². The molecule has 294 valence electrons. The minimum absolute atomic E-state index is 0.402. The first-order valence-corrected chi connectivity index (χ1v) is 21.2. The van der Waals surface area contributed by atoms with Crippen LogP contribution < -0.4 is 5.32 Å². The van der Waals surface area contributed by atoms with E-state index in [0.717, 1.165) is 85.3 Å². The lowest BCUT2D eigenvalue weighted by atomic mass is 9.89. The summed E-state index contributed by atoms with van der Waals surface area (Å²) in [7, 11) is 0. The van der Waals surface area contributed by atoms with Crippen molar-refractivity contribution in [1.29, 1.82) is 0 Å². The highest BCUT2D eigenvalue weighted by Gasteiger charge is 2.37. The Kier molecular flexibility index (Phi) is 24.6. The minimum Gasteiger partial charge on any atom is -0.344 e. The Morgan fingerprint density at radius 3 is 1.92 bits per heavy atom. The molecule has 0 radical (unpaired) electrons. The van der Waals surface area contributed by atoms with E-state index >= 15 is 0 Å². The van der Waals surface area contributed by atoms with Gasteiger partial charge in [-0.25, -0.2) is 0 Å². The van der Waals surface area contributed by atoms with Gasteiger partial charge in [-0.15, -0.1) is 0 Å². The third kappa shape index (κ3) is 17.1. The van der Waals surface area contributed by atoms with Crippen molar-refractivity contribution in [3.05, 3.63) is 51.7 Å². The zero-order chi connectivity index (χ0) is 38.2. The number of allylic oxidation sites excluding steroid dienone is 4. The number of aromatic nitrogens is 1. The van der Waals surface area contributed by atoms with Gasteiger partial charge in [-0.2, -0.15) is 13.2 Å². The van der Waals surface area contributed by atoms with Crippen molar-refractivity contribution in [2.45, 2.75) is 204 Å². The largest absolute Gasteiger partial charge is 0.417 e. The highest BCUT2D eigenvalue weighted by atomic mass is 19.4. The Bertz CT molecular complexity index is 1280. The van der Waals surface area contributed by atoms with Crippen LogP contribution in [0, 0.1) is 12.8 Å². The molecular weight excluding hydrogens is 638 g/mol. The highest BCUT2D eigenvalue weighted by Crippen LogP contribution is 2.43. The maximum absolute atomic E-state index is 14.7. The number of halogens is 3. The molecule has 0 amide bonds. The van der Waals surface area contributed by atoms with E-state index in [1.165, 1.54) is 95.2 Å². The Hall–Kier alpha value is -2.01. The van der Waals surface area contributed by atoms with E-state index in [4.69, 9.17) is 0 Å². The maximum Gasteiger partial charge on any atom is 0.417 e. The van der Waals surface area contributed by atoms with Gasteiger partial charge in [-0.1, -0.05) is 142 Å². The summed E-state index contributed by atoms with van der Waals surface area (Å²) >= 11 is 0. The van der Waals surface area contributed by atoms with Crippen LogP contribution in [0.4, 0.5) is 13.2 Å². The fraction of sp³-hybridized carbons (Fsp3) is 0.739. The van der Waals surface area contributed by atoms with Crippen LogP contribution >= 0.6 is 0 Å². The van der Waals surface area contributed by atoms with Crippen molar-refractivity contribution >= 4 is 16.5 Å². The second kappa shape index (κ2) is 26.7. The van der Waals surface area contributed by atoms with E-state index in [1.807, 2.05) is 26.8 Å². The summed E-state index contributed by atoms with van der Waals surface area (Å²) in [6.45, 7) is 24.0. The smallest absolute Gasteiger partial charge is 0.344 e. The molecule has 2 nitrogen and oxygen atoms in total. The zero-order valence-corrected chi connectivity index (χ0v) is 34.9. The first-order valence-electron chi connectivity index (χ1n) is 21.2. The molecular formula is C46H79F3N2. The molecule has 1 aromatic carbocycles. The molecule has 0 bridgehead atoms. The number of aryl methyl sites for hydroxylation is 3. The Morgan fingerprint density at radius 1 is 0.765 bits per heavy atom. The van der Waals surface area contributed by atoms with Crippen LogP contribution in [0.5, 0.6) is 0 Å². The monoisotopic (exact) mass is 717 g/mol. The number of rotatable bonds is 25. The lowest BCUT2D eigenvalue weighted by Crippen LogP contribution is -2.16. The van der Waals surface area contributed by atoms with Crippen molar-refractivity contribution < 1.29 is 13.2 Å². The van der Waals surface area contributed by atoms with Gasteiger partial charge in [0.05, 0.1) is 5.57 Å². The van der Waals surface area contributed by atoms with E-state index in [1.54, 1.807) is 6.92 Å². The van der Waals surface area contributed by atoms with E-state index in [0.29, 0.717) is 17.6 Å². The van der Waals surface area contributed by atoms with Gasteiger partial charge in [0.25, 0.3) is 0 Å². The summed E-state index contributed by atoms with van der Waals surface area (Å²) in [6, 6.07) is 4.06. The predicted molar refractivity (Wildman–Crippen MR) is 221 cm³/mol. The van der Waals surface area contributed by atoms with Crippen molar-refractivity contribution in [3.63, 3.8) is 0 Å². The van der Waals surface area contributed by atoms with Gasteiger partial charge in [-0.3, -0.25) is 0 Å². The summed E-state index contributed by atoms with van der Waals surface area (Å²) in [4.78, 5) is 0. The molecule has 51 heavy (non-hydrogen) atoms. The van der Waals surface area contributed by atoms with Crippen LogP contribution in [0.1, 0.15) is 194 Å². The van der Waals surface area contributed by atoms with Crippen LogP contribution in [-0.4, -0.2) is 23.8 Å². The van der Waals surface area contributed by atoms with Crippen LogP contribution in [-0.2, 0) is 19.4 Å². The molecule has 1 aromatic heterocycles. The number of alkyl halides is 3. The fourth-order valence-electron chi connectivity index (χ4n) is 6.94. The Balaban J connectivity index is 0.00000113. The molecule has 2 aromatic rings. The quantitative estimate of drug-likeness (QED) is 0.0799. The first-order chi connectivity index (χ1) is 24.4. The zero-order valence-electron chi connectivity index (χ0n) is 34.9. The molecule has 1 N–H and O–H groups in total. The van der Waals surface area contributed by atoms with Gasteiger partial charge in [-0.05, 0) is 114 Å². The normalized spacial score (nSPS) is 12.7. The van der Waals surface area contributed by atoms with E-state index in [9.17, 15) is 13.2 Å². The molecule has 0 spiro atoms. The van der Waals surface area contributed by atoms with Crippen molar-refractivity contribution in [3.8, 4) is 0 Å². The van der Waals surface area contributed by atoms with Gasteiger partial charge in [0.2, 0.25) is 0 Å². The van der Waals surface area contributed by atoms with Crippen molar-refractivity contribution in [1.82, 2.24) is 9.88 Å². The third-order valence-electron chi connectivity index (χ3n) is 10.7. The van der Waals surface area contributed by atoms with Crippen LogP contribution in [0.2, 0.25) is 0 Å². The number of benzene rings is 1. The fourth-order valence-corrected chi connectivity index (χ4v) is 6.94. The van der Waals surface area contributed by atoms with Gasteiger partial charge in [0, 0.05) is 23.1 Å². The summed E-state index contributed by atoms with van der Waals surface area (Å²) in [6.07, 6.45) is 19.7. The molecule has 0 saturated heterocycles. The van der Waals surface area contributed by atoms with Crippen LogP contribution in [0.25, 0.3) is 16.5 Å². The summed E-state index contributed by atoms with van der Waals surface area (Å²) in [5.41, 5.74) is 5.43. The Labute approximate surface area is 313 Å². The van der Waals surface area contributed by atoms with E-state index < -0.39 is 11.7 Å². The molecule has 0 aliphatic carbocycles. The minimum atomic E-state index is -4.43. The molecule has 5 heteroatoms. The number of unbranched alkanes of at least 4 members (excludes halogenated alkanes) is 11. The second-order valence-corrected chi connectivity index (χ2v) is 15.4. The van der Waals surface area contributed by atoms with Crippen LogP contribution in [0.15, 0.2) is 29.4 Å². The topological polar surface area (TPSA) is 17.0 Å². The SMILES string of the molecule is CCCCCCC(C)CC.CCCCNCCCCCCCCCn1c(CC)c(C)c2c(/C(=C\C(C)=C(C)C)C(F)(F)F)c(CCCC)ccc21. The van der Waals surface area contributed by atoms with E-state index in [-0.39, 0.29) is 0 Å². The van der Waals surface area contributed by atoms with Gasteiger partial charge >= 0.3 is 6.18 Å². The second-order valence-electron chi connectivity index (χ2n) is 15.4. The predicted octanol–water partition coefficient (Wildman–Crippen LogP) is 15.3. The molecule has 0 aliphatic rings. The lowest BCUT2D eigenvalue weighted by Gasteiger charge is -2.19. The number of nitrogens with one attached hydrogen (secondary N) is 1. The first kappa shape index (κ1) is 47.0. The van der Waals surface area contributed by atoms with E-state index in [2.05, 4.69) is 57.5 Å². The highest BCUT2D eigenvalue weighted by molar-refractivity contribution is 5.99. The number of hydrogen-bond acceptors (Lipinski definition) is 1. The standard InChI is InChI=1S/C36H57F3N2.C10H22/c1-8-11-20-30-21-22-33-34(35(30)31(36(37,38)39)26-28(6)27(4)5)29(7)32(10-3)41(33)25-19-17-15-13-14-16-18-24-40-23-12-9-2;1-4-6-7-8-9-10(3)5-2/h21-22,26,40H,8-20,23-25H2,1-7H3;10H,4-9H2,1-3H3/b31-26+;. The van der Waals surface area contributed by atoms with Crippen molar-refractivity contribution in [2.24, 2.45) is 5.92 Å². The molecule has 1 unspecified atom stereocenters. The summed E-state index contributed by atoms with van der Waals surface area (Å²) in [5, 5.41) is 4.32. The number of hydrogen-bond donors (Lipinski definition) is 1. The molecule has 0 fully saturated rings. The summed E-state index contributed by atoms with van der Waals surface area (Å²) in [5.74, 6) is 0.955. The summed E-state index contributed by atoms with van der Waals surface area (Å²) < 4.78 is 46.6. The van der Waals surface area contributed by atoms with Gasteiger partial charge in [0.1, 0.15) is 0 Å². The molecule has 0 aliphatic heterocycles. The number of nitrogens with zero attached hydrogens (tertiary/aromatic N) is 1. The molecule has 1 heterocycles. The lowest BCUT2D eigenvalue weighted by molar-refractivity contribution is -0.0689. The number of fused-ring (bicyclic) bond motifs is 1.